The first kappa shape index (κ1) is 22.1. The first-order valence-electron chi connectivity index (χ1n) is 12.8. The number of ketones is 1. The van der Waals surface area contributed by atoms with Crippen LogP contribution in [0.25, 0.3) is 0 Å². The summed E-state index contributed by atoms with van der Waals surface area (Å²) in [6.45, 7) is 14.6. The summed E-state index contributed by atoms with van der Waals surface area (Å²) in [5, 5.41) is 0. The minimum absolute atomic E-state index is 0.233. The predicted octanol–water partition coefficient (Wildman–Crippen LogP) is 7.93. The van der Waals surface area contributed by atoms with E-state index >= 15 is 0 Å². The summed E-state index contributed by atoms with van der Waals surface area (Å²) in [7, 11) is 0. The van der Waals surface area contributed by atoms with Crippen molar-refractivity contribution >= 4 is 5.78 Å². The SMILES string of the molecule is C/C=C(/CCC(C)C1CCC2C3C=CC4=CC(=O)CCC4(C)C3CCC12C)C(C)C. The van der Waals surface area contributed by atoms with Crippen LogP contribution in [0.15, 0.2) is 35.5 Å². The normalized spacial score (nSPS) is 41.9. The van der Waals surface area contributed by atoms with E-state index in [-0.39, 0.29) is 5.41 Å². The van der Waals surface area contributed by atoms with Crippen molar-refractivity contribution in [2.24, 2.45) is 46.3 Å². The second-order valence-corrected chi connectivity index (χ2v) is 11.9. The van der Waals surface area contributed by atoms with Crippen molar-refractivity contribution in [3.05, 3.63) is 35.5 Å². The van der Waals surface area contributed by atoms with Gasteiger partial charge in [-0.05, 0) is 110 Å². The third-order valence-electron chi connectivity index (χ3n) is 10.3. The van der Waals surface area contributed by atoms with Crippen LogP contribution in [0.4, 0.5) is 0 Å². The molecule has 166 valence electrons. The molecule has 0 spiro atoms. The lowest BCUT2D eigenvalue weighted by Gasteiger charge is -2.56. The molecule has 1 nitrogen and oxygen atoms in total. The Morgan fingerprint density at radius 2 is 1.90 bits per heavy atom. The maximum Gasteiger partial charge on any atom is 0.156 e. The molecule has 0 saturated heterocycles. The summed E-state index contributed by atoms with van der Waals surface area (Å²) in [5.74, 6) is 5.01. The van der Waals surface area contributed by atoms with E-state index in [1.165, 1.54) is 44.1 Å². The molecule has 0 aromatic rings. The van der Waals surface area contributed by atoms with Gasteiger partial charge in [0, 0.05) is 6.42 Å². The first-order valence-corrected chi connectivity index (χ1v) is 12.8. The van der Waals surface area contributed by atoms with Crippen molar-refractivity contribution in [2.45, 2.75) is 92.9 Å². The molecule has 0 amide bonds. The van der Waals surface area contributed by atoms with Gasteiger partial charge in [-0.1, -0.05) is 58.4 Å². The van der Waals surface area contributed by atoms with Gasteiger partial charge in [-0.2, -0.15) is 0 Å². The topological polar surface area (TPSA) is 17.1 Å². The summed E-state index contributed by atoms with van der Waals surface area (Å²) in [6, 6.07) is 0. The number of carbonyl (C=O) groups excluding carboxylic acids is 1. The Balaban J connectivity index is 1.52. The molecule has 4 aliphatic rings. The first-order chi connectivity index (χ1) is 14.2. The fraction of sp³-hybridized carbons (Fsp3) is 0.759. The van der Waals surface area contributed by atoms with Crippen LogP contribution in [0.3, 0.4) is 0 Å². The van der Waals surface area contributed by atoms with E-state index in [4.69, 9.17) is 0 Å². The fourth-order valence-corrected chi connectivity index (χ4v) is 8.33. The van der Waals surface area contributed by atoms with Gasteiger partial charge in [-0.25, -0.2) is 0 Å². The summed E-state index contributed by atoms with van der Waals surface area (Å²) in [5.41, 5.74) is 3.70. The minimum atomic E-state index is 0.233. The number of hydrogen-bond donors (Lipinski definition) is 0. The molecule has 0 aromatic carbocycles. The van der Waals surface area contributed by atoms with Crippen molar-refractivity contribution in [1.29, 1.82) is 0 Å². The number of rotatable bonds is 5. The van der Waals surface area contributed by atoms with Gasteiger partial charge in [-0.3, -0.25) is 4.79 Å². The average molecular weight is 409 g/mol. The van der Waals surface area contributed by atoms with E-state index in [2.05, 4.69) is 59.8 Å². The van der Waals surface area contributed by atoms with Crippen LogP contribution in [0.1, 0.15) is 92.9 Å². The zero-order valence-corrected chi connectivity index (χ0v) is 20.3. The van der Waals surface area contributed by atoms with E-state index in [0.29, 0.717) is 17.1 Å². The molecule has 0 aromatic heterocycles. The maximum atomic E-state index is 12.0. The largest absolute Gasteiger partial charge is 0.295 e. The van der Waals surface area contributed by atoms with Crippen molar-refractivity contribution in [1.82, 2.24) is 0 Å². The van der Waals surface area contributed by atoms with Gasteiger partial charge in [0.2, 0.25) is 0 Å². The molecule has 1 heteroatoms. The smallest absolute Gasteiger partial charge is 0.156 e. The molecule has 4 rings (SSSR count). The molecule has 4 aliphatic carbocycles. The Bertz CT molecular complexity index is 767. The summed E-state index contributed by atoms with van der Waals surface area (Å²) < 4.78 is 0. The summed E-state index contributed by atoms with van der Waals surface area (Å²) in [6.07, 6.45) is 19.2. The van der Waals surface area contributed by atoms with Crippen molar-refractivity contribution in [2.75, 3.05) is 0 Å². The Labute approximate surface area is 185 Å². The molecule has 7 unspecified atom stereocenters. The van der Waals surface area contributed by atoms with Crippen molar-refractivity contribution < 1.29 is 4.79 Å². The molecule has 30 heavy (non-hydrogen) atoms. The van der Waals surface area contributed by atoms with Crippen LogP contribution in [-0.4, -0.2) is 5.78 Å². The summed E-state index contributed by atoms with van der Waals surface area (Å²) >= 11 is 0. The zero-order chi connectivity index (χ0) is 21.7. The van der Waals surface area contributed by atoms with Crippen molar-refractivity contribution in [3.63, 3.8) is 0 Å². The predicted molar refractivity (Wildman–Crippen MR) is 127 cm³/mol. The molecule has 7 atom stereocenters. The fourth-order valence-electron chi connectivity index (χ4n) is 8.33. The van der Waals surface area contributed by atoms with E-state index in [1.54, 1.807) is 5.57 Å². The quantitative estimate of drug-likeness (QED) is 0.422. The molecular formula is C29H44O. The number of hydrogen-bond acceptors (Lipinski definition) is 1. The monoisotopic (exact) mass is 408 g/mol. The Morgan fingerprint density at radius 3 is 2.60 bits per heavy atom. The highest BCUT2D eigenvalue weighted by Gasteiger charge is 2.58. The van der Waals surface area contributed by atoms with E-state index in [9.17, 15) is 4.79 Å². The maximum absolute atomic E-state index is 12.0. The van der Waals surface area contributed by atoms with Gasteiger partial charge in [0.15, 0.2) is 5.78 Å². The number of allylic oxidation sites excluding steroid dienone is 6. The number of carbonyl (C=O) groups is 1. The molecule has 0 radical (unpaired) electrons. The van der Waals surface area contributed by atoms with E-state index < -0.39 is 0 Å². The van der Waals surface area contributed by atoms with Gasteiger partial charge in [0.05, 0.1) is 0 Å². The third kappa shape index (κ3) is 3.49. The molecule has 2 saturated carbocycles. The van der Waals surface area contributed by atoms with Gasteiger partial charge >= 0.3 is 0 Å². The molecule has 0 bridgehead atoms. The Hall–Kier alpha value is -1.11. The lowest BCUT2D eigenvalue weighted by atomic mass is 9.48. The van der Waals surface area contributed by atoms with Gasteiger partial charge in [0.25, 0.3) is 0 Å². The molecule has 0 aliphatic heterocycles. The van der Waals surface area contributed by atoms with Crippen LogP contribution in [0.5, 0.6) is 0 Å². The average Bonchev–Trinajstić information content (AvgIpc) is 3.06. The van der Waals surface area contributed by atoms with Crippen molar-refractivity contribution in [3.8, 4) is 0 Å². The van der Waals surface area contributed by atoms with Gasteiger partial charge in [-0.15, -0.1) is 0 Å². The number of fused-ring (bicyclic) bond motifs is 5. The van der Waals surface area contributed by atoms with Crippen LogP contribution >= 0.6 is 0 Å². The minimum Gasteiger partial charge on any atom is -0.295 e. The molecule has 2 fully saturated rings. The van der Waals surface area contributed by atoms with Gasteiger partial charge < -0.3 is 0 Å². The van der Waals surface area contributed by atoms with E-state index in [1.807, 2.05) is 6.08 Å². The van der Waals surface area contributed by atoms with Gasteiger partial charge in [0.1, 0.15) is 0 Å². The van der Waals surface area contributed by atoms with Crippen LogP contribution in [-0.2, 0) is 4.79 Å². The standard InChI is InChI=1S/C29H44O/c1-7-21(19(2)3)9-8-20(4)25-12-13-26-24-11-10-22-18-23(30)14-16-28(22,5)27(24)15-17-29(25,26)6/h7,10-11,18-20,24-27H,8-9,12-17H2,1-6H3/b21-7-. The molecule has 0 heterocycles. The lowest BCUT2D eigenvalue weighted by molar-refractivity contribution is -0.116. The van der Waals surface area contributed by atoms with Crippen LogP contribution in [0.2, 0.25) is 0 Å². The Morgan fingerprint density at radius 1 is 1.13 bits per heavy atom. The molecule has 0 N–H and O–H groups in total. The highest BCUT2D eigenvalue weighted by atomic mass is 16.1. The highest BCUT2D eigenvalue weighted by molar-refractivity contribution is 5.92. The second-order valence-electron chi connectivity index (χ2n) is 11.9. The Kier molecular flexibility index (Phi) is 5.97. The zero-order valence-electron chi connectivity index (χ0n) is 20.3. The summed E-state index contributed by atoms with van der Waals surface area (Å²) in [4.78, 5) is 12.0. The van der Waals surface area contributed by atoms with Crippen LogP contribution in [0, 0.1) is 46.3 Å². The second kappa shape index (κ2) is 8.10. The van der Waals surface area contributed by atoms with Crippen LogP contribution < -0.4 is 0 Å². The lowest BCUT2D eigenvalue weighted by Crippen LogP contribution is -2.49. The van der Waals surface area contributed by atoms with E-state index in [0.717, 1.165) is 42.4 Å². The third-order valence-corrected chi connectivity index (χ3v) is 10.3. The highest BCUT2D eigenvalue weighted by Crippen LogP contribution is 2.66. The molecular weight excluding hydrogens is 364 g/mol.